The molecular weight excluding hydrogens is 433 g/mol. The first-order valence-electron chi connectivity index (χ1n) is 7.56. The van der Waals surface area contributed by atoms with Crippen LogP contribution in [0.15, 0.2) is 32.3 Å². The van der Waals surface area contributed by atoms with E-state index in [0.717, 1.165) is 0 Å². The SMILES string of the molecule is NS(=O)(=O)CCCCCc1nonc1C(=Nc1ccc(F)c(Br)c1)NO. The number of aryl methyl sites for hydroxylation is 1. The Morgan fingerprint density at radius 3 is 2.77 bits per heavy atom. The van der Waals surface area contributed by atoms with Crippen LogP contribution < -0.4 is 10.6 Å². The molecule has 0 bridgehead atoms. The normalized spacial score (nSPS) is 12.4. The van der Waals surface area contributed by atoms with E-state index in [4.69, 9.17) is 9.77 Å². The molecule has 0 aliphatic heterocycles. The van der Waals surface area contributed by atoms with Gasteiger partial charge in [-0.1, -0.05) is 11.6 Å². The Balaban J connectivity index is 2.06. The van der Waals surface area contributed by atoms with Crippen molar-refractivity contribution in [3.05, 3.63) is 39.9 Å². The molecule has 9 nitrogen and oxygen atoms in total. The summed E-state index contributed by atoms with van der Waals surface area (Å²) < 4.78 is 40.0. The molecule has 0 saturated carbocycles. The van der Waals surface area contributed by atoms with Crippen LogP contribution in [0.1, 0.15) is 30.7 Å². The van der Waals surface area contributed by atoms with Crippen molar-refractivity contribution < 1.29 is 22.6 Å². The van der Waals surface area contributed by atoms with Crippen molar-refractivity contribution in [1.82, 2.24) is 15.8 Å². The molecule has 2 aromatic rings. The van der Waals surface area contributed by atoms with Gasteiger partial charge in [0.2, 0.25) is 10.0 Å². The van der Waals surface area contributed by atoms with Crippen LogP contribution in [0.3, 0.4) is 0 Å². The van der Waals surface area contributed by atoms with E-state index in [1.54, 1.807) is 0 Å². The molecule has 12 heteroatoms. The van der Waals surface area contributed by atoms with Gasteiger partial charge in [0.1, 0.15) is 11.5 Å². The molecule has 26 heavy (non-hydrogen) atoms. The second-order valence-electron chi connectivity index (χ2n) is 5.41. The molecule has 1 heterocycles. The topological polar surface area (TPSA) is 144 Å². The Kier molecular flexibility index (Phi) is 7.20. The van der Waals surface area contributed by atoms with E-state index >= 15 is 0 Å². The van der Waals surface area contributed by atoms with E-state index in [-0.39, 0.29) is 21.8 Å². The van der Waals surface area contributed by atoms with Gasteiger partial charge < -0.3 is 0 Å². The quantitative estimate of drug-likeness (QED) is 0.242. The number of aromatic nitrogens is 2. The van der Waals surface area contributed by atoms with Crippen molar-refractivity contribution in [3.63, 3.8) is 0 Å². The van der Waals surface area contributed by atoms with Gasteiger partial charge in [0.05, 0.1) is 15.9 Å². The summed E-state index contributed by atoms with van der Waals surface area (Å²) in [6.45, 7) is 0. The van der Waals surface area contributed by atoms with Gasteiger partial charge in [-0.2, -0.15) is 0 Å². The molecular formula is C14H17BrFN5O4S. The first-order chi connectivity index (χ1) is 12.3. The van der Waals surface area contributed by atoms with Gasteiger partial charge in [0, 0.05) is 0 Å². The zero-order valence-electron chi connectivity index (χ0n) is 13.5. The Morgan fingerprint density at radius 1 is 1.35 bits per heavy atom. The van der Waals surface area contributed by atoms with Crippen LogP contribution in [0.4, 0.5) is 10.1 Å². The Bertz CT molecular complexity index is 887. The molecule has 0 fully saturated rings. The van der Waals surface area contributed by atoms with Gasteiger partial charge in [0.25, 0.3) is 0 Å². The lowest BCUT2D eigenvalue weighted by Gasteiger charge is -2.04. The number of amidine groups is 1. The number of aliphatic imine (C=N–C) groups is 1. The maximum Gasteiger partial charge on any atom is 0.209 e. The zero-order valence-corrected chi connectivity index (χ0v) is 15.9. The molecule has 0 saturated heterocycles. The van der Waals surface area contributed by atoms with E-state index in [2.05, 4.69) is 31.2 Å². The lowest BCUT2D eigenvalue weighted by atomic mass is 10.1. The summed E-state index contributed by atoms with van der Waals surface area (Å²) in [5, 5.41) is 21.8. The van der Waals surface area contributed by atoms with Crippen LogP contribution in [0.5, 0.6) is 0 Å². The van der Waals surface area contributed by atoms with Crippen molar-refractivity contribution in [3.8, 4) is 0 Å². The average Bonchev–Trinajstić information content (AvgIpc) is 3.03. The first-order valence-corrected chi connectivity index (χ1v) is 10.1. The number of primary sulfonamides is 1. The summed E-state index contributed by atoms with van der Waals surface area (Å²) in [6.07, 6.45) is 2.11. The maximum absolute atomic E-state index is 13.3. The third-order valence-electron chi connectivity index (χ3n) is 3.37. The number of nitrogens with two attached hydrogens (primary N) is 1. The van der Waals surface area contributed by atoms with Crippen LogP contribution in [0.25, 0.3) is 0 Å². The second-order valence-corrected chi connectivity index (χ2v) is 8.00. The predicted molar refractivity (Wildman–Crippen MR) is 95.0 cm³/mol. The molecule has 4 N–H and O–H groups in total. The molecule has 0 radical (unpaired) electrons. The van der Waals surface area contributed by atoms with Gasteiger partial charge >= 0.3 is 0 Å². The van der Waals surface area contributed by atoms with Crippen LogP contribution in [-0.4, -0.2) is 35.5 Å². The first kappa shape index (κ1) is 20.4. The van der Waals surface area contributed by atoms with Crippen LogP contribution in [0.2, 0.25) is 0 Å². The Labute approximate surface area is 157 Å². The van der Waals surface area contributed by atoms with Crippen molar-refractivity contribution in [2.24, 2.45) is 10.1 Å². The monoisotopic (exact) mass is 449 g/mol. The Morgan fingerprint density at radius 2 is 2.12 bits per heavy atom. The van der Waals surface area contributed by atoms with E-state index < -0.39 is 15.8 Å². The minimum Gasteiger partial charge on any atom is -0.290 e. The van der Waals surface area contributed by atoms with Gasteiger partial charge in [-0.3, -0.25) is 10.7 Å². The van der Waals surface area contributed by atoms with Crippen molar-refractivity contribution in [2.45, 2.75) is 25.7 Å². The molecule has 0 amide bonds. The second kappa shape index (κ2) is 9.16. The molecule has 142 valence electrons. The minimum atomic E-state index is -3.46. The molecule has 0 aliphatic rings. The molecule has 0 atom stereocenters. The van der Waals surface area contributed by atoms with Gasteiger partial charge in [-0.25, -0.2) is 27.6 Å². The number of unbranched alkanes of at least 4 members (excludes halogenated alkanes) is 2. The number of hydrogen-bond donors (Lipinski definition) is 3. The average molecular weight is 450 g/mol. The smallest absolute Gasteiger partial charge is 0.209 e. The van der Waals surface area contributed by atoms with E-state index in [0.29, 0.717) is 37.1 Å². The highest BCUT2D eigenvalue weighted by molar-refractivity contribution is 9.10. The van der Waals surface area contributed by atoms with Crippen molar-refractivity contribution in [2.75, 3.05) is 5.75 Å². The summed E-state index contributed by atoms with van der Waals surface area (Å²) in [4.78, 5) is 4.16. The fourth-order valence-corrected chi connectivity index (χ4v) is 3.11. The van der Waals surface area contributed by atoms with Crippen LogP contribution in [-0.2, 0) is 16.4 Å². The summed E-state index contributed by atoms with van der Waals surface area (Å²) in [6, 6.07) is 4.09. The van der Waals surface area contributed by atoms with Gasteiger partial charge in [0.15, 0.2) is 11.5 Å². The lowest BCUT2D eigenvalue weighted by molar-refractivity contribution is 0.234. The molecule has 0 aliphatic carbocycles. The third-order valence-corrected chi connectivity index (χ3v) is 4.84. The number of halogens is 2. The number of hydrogen-bond acceptors (Lipinski definition) is 7. The van der Waals surface area contributed by atoms with Gasteiger partial charge in [-0.15, -0.1) is 0 Å². The molecule has 0 spiro atoms. The van der Waals surface area contributed by atoms with Crippen LogP contribution in [0, 0.1) is 5.82 Å². The molecule has 1 aromatic carbocycles. The highest BCUT2D eigenvalue weighted by Gasteiger charge is 2.16. The number of sulfonamides is 1. The number of benzene rings is 1. The number of nitrogens with one attached hydrogen (secondary N) is 1. The number of hydroxylamine groups is 1. The summed E-state index contributed by atoms with van der Waals surface area (Å²) in [5.74, 6) is -0.531. The Hall–Kier alpha value is -1.89. The minimum absolute atomic E-state index is 0.00991. The van der Waals surface area contributed by atoms with Crippen molar-refractivity contribution >= 4 is 37.5 Å². The zero-order chi connectivity index (χ0) is 19.2. The molecule has 0 unspecified atom stereocenters. The predicted octanol–water partition coefficient (Wildman–Crippen LogP) is 2.03. The molecule has 2 rings (SSSR count). The van der Waals surface area contributed by atoms with Gasteiger partial charge in [-0.05, 0) is 58.5 Å². The summed E-state index contributed by atoms with van der Waals surface area (Å²) >= 11 is 3.06. The van der Waals surface area contributed by atoms with Crippen LogP contribution >= 0.6 is 15.9 Å². The lowest BCUT2D eigenvalue weighted by Crippen LogP contribution is -2.22. The van der Waals surface area contributed by atoms with E-state index in [9.17, 15) is 18.0 Å². The van der Waals surface area contributed by atoms with E-state index in [1.807, 2.05) is 5.48 Å². The fourth-order valence-electron chi connectivity index (χ4n) is 2.14. The highest BCUT2D eigenvalue weighted by Crippen LogP contribution is 2.23. The van der Waals surface area contributed by atoms with E-state index in [1.165, 1.54) is 18.2 Å². The molecule has 1 aromatic heterocycles. The maximum atomic E-state index is 13.3. The summed E-state index contributed by atoms with van der Waals surface area (Å²) in [7, 11) is -3.46. The highest BCUT2D eigenvalue weighted by atomic mass is 79.9. The largest absolute Gasteiger partial charge is 0.290 e. The van der Waals surface area contributed by atoms with Crippen molar-refractivity contribution in [1.29, 1.82) is 0 Å². The number of rotatable bonds is 8. The fraction of sp³-hybridized carbons (Fsp3) is 0.357. The standard InChI is InChI=1S/C14H17BrFN5O4S/c15-10-8-9(5-6-11(10)16)18-14(19-22)13-12(20-25-21-13)4-2-1-3-7-26(17,23)24/h5-6,8,22H,1-4,7H2,(H,18,19)(H2,17,23,24). The third kappa shape index (κ3) is 6.12. The summed E-state index contributed by atoms with van der Waals surface area (Å²) in [5.41, 5.74) is 2.96. The number of nitrogens with zero attached hydrogens (tertiary/aromatic N) is 3.